The van der Waals surface area contributed by atoms with E-state index in [1.54, 1.807) is 0 Å². The molecule has 1 aromatic carbocycles. The van der Waals surface area contributed by atoms with Crippen LogP contribution >= 0.6 is 0 Å². The molecule has 2 N–H and O–H groups in total. The van der Waals surface area contributed by atoms with Gasteiger partial charge in [-0.1, -0.05) is 0 Å². The first-order valence-electron chi connectivity index (χ1n) is 5.84. The van der Waals surface area contributed by atoms with Gasteiger partial charge in [-0.3, -0.25) is 14.9 Å². The predicted octanol–water partition coefficient (Wildman–Crippen LogP) is 0.894. The number of carbonyl (C=O) groups is 2. The number of carbonyl (C=O) groups excluding carboxylic acids is 1. The molecule has 1 aromatic rings. The largest absolute Gasteiger partial charge is 0.478 e. The lowest BCUT2D eigenvalue weighted by molar-refractivity contribution is -0.384. The molecule has 0 bridgehead atoms. The number of anilines is 1. The van der Waals surface area contributed by atoms with Crippen molar-refractivity contribution in [3.8, 4) is 0 Å². The van der Waals surface area contributed by atoms with Gasteiger partial charge in [-0.05, 0) is 6.07 Å². The Labute approximate surface area is 119 Å². The molecule has 1 rings (SSSR count). The fourth-order valence-corrected chi connectivity index (χ4v) is 1.43. The highest BCUT2D eigenvalue weighted by molar-refractivity contribution is 6.01. The van der Waals surface area contributed by atoms with Crippen LogP contribution in [0.1, 0.15) is 10.4 Å². The van der Waals surface area contributed by atoms with Gasteiger partial charge in [-0.15, -0.1) is 0 Å². The van der Waals surface area contributed by atoms with Gasteiger partial charge >= 0.3 is 5.97 Å². The van der Waals surface area contributed by atoms with Gasteiger partial charge in [0, 0.05) is 19.2 Å². The zero-order valence-corrected chi connectivity index (χ0v) is 11.2. The van der Waals surface area contributed by atoms with E-state index < -0.39 is 16.8 Å². The van der Waals surface area contributed by atoms with Gasteiger partial charge in [-0.2, -0.15) is 0 Å². The molecule has 0 heterocycles. The molecule has 0 aliphatic carbocycles. The summed E-state index contributed by atoms with van der Waals surface area (Å²) >= 11 is 0. The second kappa shape index (κ2) is 7.92. The fourth-order valence-electron chi connectivity index (χ4n) is 1.43. The summed E-state index contributed by atoms with van der Waals surface area (Å²) in [6.45, 7) is 0.195. The SMILES string of the molecule is COCCOCC(=O)Nc1cc([N+](=O)[O-])ccc1C(=O)O. The Morgan fingerprint density at radius 1 is 1.38 bits per heavy atom. The second-order valence-electron chi connectivity index (χ2n) is 3.89. The van der Waals surface area contributed by atoms with Gasteiger partial charge in [0.2, 0.25) is 5.91 Å². The molecule has 0 aliphatic rings. The van der Waals surface area contributed by atoms with Gasteiger partial charge in [-0.25, -0.2) is 4.79 Å². The van der Waals surface area contributed by atoms with Crippen molar-refractivity contribution in [1.29, 1.82) is 0 Å². The summed E-state index contributed by atoms with van der Waals surface area (Å²) in [5, 5.41) is 21.9. The highest BCUT2D eigenvalue weighted by Crippen LogP contribution is 2.22. The Bertz CT molecular complexity index is 544. The van der Waals surface area contributed by atoms with Gasteiger partial charge in [0.15, 0.2) is 0 Å². The molecule has 0 aliphatic heterocycles. The summed E-state index contributed by atoms with van der Waals surface area (Å²) in [4.78, 5) is 32.6. The van der Waals surface area contributed by atoms with Gasteiger partial charge in [0.1, 0.15) is 6.61 Å². The molecule has 0 radical (unpaired) electrons. The van der Waals surface area contributed by atoms with Crippen molar-refractivity contribution in [2.45, 2.75) is 0 Å². The minimum absolute atomic E-state index is 0.156. The number of carboxylic acids is 1. The van der Waals surface area contributed by atoms with E-state index in [-0.39, 0.29) is 30.2 Å². The molecule has 0 saturated carbocycles. The van der Waals surface area contributed by atoms with E-state index in [9.17, 15) is 19.7 Å². The minimum Gasteiger partial charge on any atom is -0.478 e. The molecule has 0 aromatic heterocycles. The van der Waals surface area contributed by atoms with E-state index in [2.05, 4.69) is 5.32 Å². The van der Waals surface area contributed by atoms with Crippen LogP contribution in [-0.2, 0) is 14.3 Å². The summed E-state index contributed by atoms with van der Waals surface area (Å²) in [5.74, 6) is -1.92. The van der Waals surface area contributed by atoms with Gasteiger partial charge in [0.25, 0.3) is 5.69 Å². The Hall–Kier alpha value is -2.52. The molecule has 0 unspecified atom stereocenters. The van der Waals surface area contributed by atoms with Crippen LogP contribution in [0.15, 0.2) is 18.2 Å². The normalized spacial score (nSPS) is 10.1. The number of amides is 1. The lowest BCUT2D eigenvalue weighted by Gasteiger charge is -2.08. The number of methoxy groups -OCH3 is 1. The quantitative estimate of drug-likeness (QED) is 0.414. The van der Waals surface area contributed by atoms with Crippen molar-refractivity contribution < 1.29 is 29.1 Å². The number of nitro benzene ring substituents is 1. The third-order valence-corrected chi connectivity index (χ3v) is 2.38. The Morgan fingerprint density at radius 2 is 2.10 bits per heavy atom. The molecule has 9 nitrogen and oxygen atoms in total. The number of aromatic carboxylic acids is 1. The Kier molecular flexibility index (Phi) is 6.24. The fraction of sp³-hybridized carbons (Fsp3) is 0.333. The van der Waals surface area contributed by atoms with Crippen molar-refractivity contribution in [2.75, 3.05) is 32.2 Å². The molecule has 9 heteroatoms. The number of nitrogens with one attached hydrogen (secondary N) is 1. The van der Waals surface area contributed by atoms with Crippen LogP contribution in [0.5, 0.6) is 0 Å². The van der Waals surface area contributed by atoms with Crippen LogP contribution in [0.4, 0.5) is 11.4 Å². The molecular weight excluding hydrogens is 284 g/mol. The first-order valence-corrected chi connectivity index (χ1v) is 5.84. The van der Waals surface area contributed by atoms with Crippen LogP contribution in [0.25, 0.3) is 0 Å². The van der Waals surface area contributed by atoms with Gasteiger partial charge in [0.05, 0.1) is 29.4 Å². The average Bonchev–Trinajstić information content (AvgIpc) is 2.43. The monoisotopic (exact) mass is 298 g/mol. The third-order valence-electron chi connectivity index (χ3n) is 2.38. The number of hydrogen-bond donors (Lipinski definition) is 2. The smallest absolute Gasteiger partial charge is 0.337 e. The van der Waals surface area contributed by atoms with Crippen molar-refractivity contribution in [3.63, 3.8) is 0 Å². The summed E-state index contributed by atoms with van der Waals surface area (Å²) in [6.07, 6.45) is 0. The molecule has 0 saturated heterocycles. The topological polar surface area (TPSA) is 128 Å². The molecule has 0 fully saturated rings. The van der Waals surface area contributed by atoms with E-state index in [1.807, 2.05) is 0 Å². The van der Waals surface area contributed by atoms with E-state index in [0.717, 1.165) is 18.2 Å². The van der Waals surface area contributed by atoms with Gasteiger partial charge < -0.3 is 19.9 Å². The number of nitrogens with zero attached hydrogens (tertiary/aromatic N) is 1. The summed E-state index contributed by atoms with van der Waals surface area (Å²) in [7, 11) is 1.48. The highest BCUT2D eigenvalue weighted by Gasteiger charge is 2.17. The number of carboxylic acid groups (broad SMARTS) is 1. The lowest BCUT2D eigenvalue weighted by Crippen LogP contribution is -2.21. The van der Waals surface area contributed by atoms with Crippen molar-refractivity contribution in [3.05, 3.63) is 33.9 Å². The first-order chi connectivity index (χ1) is 9.95. The lowest BCUT2D eigenvalue weighted by atomic mass is 10.1. The summed E-state index contributed by atoms with van der Waals surface area (Å²) < 4.78 is 9.69. The molecule has 21 heavy (non-hydrogen) atoms. The standard InChI is InChI=1S/C12H14N2O7/c1-20-4-5-21-7-11(15)13-10-6-8(14(18)19)2-3-9(10)12(16)17/h2-3,6H,4-5,7H2,1H3,(H,13,15)(H,16,17). The van der Waals surface area contributed by atoms with Crippen molar-refractivity contribution >= 4 is 23.3 Å². The number of hydrogen-bond acceptors (Lipinski definition) is 6. The average molecular weight is 298 g/mol. The predicted molar refractivity (Wildman–Crippen MR) is 71.4 cm³/mol. The summed E-state index contributed by atoms with van der Waals surface area (Å²) in [5.41, 5.74) is -0.724. The zero-order chi connectivity index (χ0) is 15.8. The van der Waals surface area contributed by atoms with Crippen LogP contribution in [0.2, 0.25) is 0 Å². The van der Waals surface area contributed by atoms with Crippen LogP contribution in [0.3, 0.4) is 0 Å². The maximum atomic E-state index is 11.6. The van der Waals surface area contributed by atoms with Crippen LogP contribution < -0.4 is 5.32 Å². The minimum atomic E-state index is -1.31. The number of nitro groups is 1. The third kappa shape index (κ3) is 5.16. The van der Waals surface area contributed by atoms with E-state index in [4.69, 9.17) is 14.6 Å². The second-order valence-corrected chi connectivity index (χ2v) is 3.89. The number of non-ortho nitro benzene ring substituents is 1. The molecule has 1 amide bonds. The Balaban J connectivity index is 2.79. The highest BCUT2D eigenvalue weighted by atomic mass is 16.6. The molecule has 114 valence electrons. The van der Waals surface area contributed by atoms with E-state index >= 15 is 0 Å². The van der Waals surface area contributed by atoms with Crippen LogP contribution in [-0.4, -0.2) is 48.8 Å². The van der Waals surface area contributed by atoms with Crippen molar-refractivity contribution in [2.24, 2.45) is 0 Å². The number of ether oxygens (including phenoxy) is 2. The molecule has 0 atom stereocenters. The van der Waals surface area contributed by atoms with Crippen molar-refractivity contribution in [1.82, 2.24) is 0 Å². The molecular formula is C12H14N2O7. The Morgan fingerprint density at radius 3 is 2.67 bits per heavy atom. The molecule has 0 spiro atoms. The van der Waals surface area contributed by atoms with E-state index in [1.165, 1.54) is 7.11 Å². The first kappa shape index (κ1) is 16.5. The maximum Gasteiger partial charge on any atom is 0.337 e. The maximum absolute atomic E-state index is 11.6. The number of benzene rings is 1. The zero-order valence-electron chi connectivity index (χ0n) is 11.2. The van der Waals surface area contributed by atoms with Crippen LogP contribution in [0, 0.1) is 10.1 Å². The summed E-state index contributed by atoms with van der Waals surface area (Å²) in [6, 6.07) is 3.09. The van der Waals surface area contributed by atoms with E-state index in [0.29, 0.717) is 6.61 Å². The number of rotatable bonds is 8.